The molecular formula is C15H20ClNOS. The molecule has 0 bridgehead atoms. The lowest BCUT2D eigenvalue weighted by atomic mass is 10.1. The van der Waals surface area contributed by atoms with E-state index in [1.807, 2.05) is 17.4 Å². The second-order valence-corrected chi connectivity index (χ2v) is 6.18. The first-order valence-electron chi connectivity index (χ1n) is 6.78. The van der Waals surface area contributed by atoms with Crippen LogP contribution in [0.15, 0.2) is 28.9 Å². The fraction of sp³-hybridized carbons (Fsp3) is 0.467. The van der Waals surface area contributed by atoms with E-state index in [0.717, 1.165) is 31.4 Å². The zero-order chi connectivity index (χ0) is 13.7. The zero-order valence-electron chi connectivity index (χ0n) is 11.4. The number of hydrogen-bond donors (Lipinski definition) is 1. The summed E-state index contributed by atoms with van der Waals surface area (Å²) in [6.45, 7) is 5.34. The van der Waals surface area contributed by atoms with Crippen LogP contribution in [0.25, 0.3) is 0 Å². The third kappa shape index (κ3) is 3.85. The number of aryl methyl sites for hydroxylation is 1. The molecule has 0 aliphatic heterocycles. The highest BCUT2D eigenvalue weighted by Gasteiger charge is 2.17. The standard InChI is InChI=1S/C15H20ClNOS/c1-3-8-17-14(13-7-9-18-15(13)16)10-12-6-5-11(4-2)19-12/h5-7,9,14,17H,3-4,8,10H2,1-2H3. The Morgan fingerprint density at radius 2 is 2.05 bits per heavy atom. The van der Waals surface area contributed by atoms with E-state index in [-0.39, 0.29) is 6.04 Å². The predicted octanol–water partition coefficient (Wildman–Crippen LogP) is 4.84. The van der Waals surface area contributed by atoms with Gasteiger partial charge in [-0.3, -0.25) is 0 Å². The molecule has 1 N–H and O–H groups in total. The molecule has 0 saturated heterocycles. The van der Waals surface area contributed by atoms with Gasteiger partial charge in [-0.05, 0) is 49.2 Å². The summed E-state index contributed by atoms with van der Waals surface area (Å²) in [5.74, 6) is 0. The third-order valence-corrected chi connectivity index (χ3v) is 4.69. The minimum Gasteiger partial charge on any atom is -0.453 e. The summed E-state index contributed by atoms with van der Waals surface area (Å²) >= 11 is 7.99. The van der Waals surface area contributed by atoms with Crippen LogP contribution in [0.3, 0.4) is 0 Å². The average molecular weight is 298 g/mol. The quantitative estimate of drug-likeness (QED) is 0.791. The molecule has 2 rings (SSSR count). The Kier molecular flexibility index (Phi) is 5.49. The molecule has 0 aliphatic carbocycles. The van der Waals surface area contributed by atoms with Crippen LogP contribution in [0, 0.1) is 0 Å². The van der Waals surface area contributed by atoms with Crippen molar-refractivity contribution in [1.82, 2.24) is 5.32 Å². The van der Waals surface area contributed by atoms with Crippen LogP contribution in [0.5, 0.6) is 0 Å². The molecule has 1 atom stereocenters. The summed E-state index contributed by atoms with van der Waals surface area (Å²) in [6.07, 6.45) is 4.83. The van der Waals surface area contributed by atoms with Gasteiger partial charge in [0, 0.05) is 27.8 Å². The Balaban J connectivity index is 2.11. The molecule has 0 fully saturated rings. The summed E-state index contributed by atoms with van der Waals surface area (Å²) < 4.78 is 5.22. The second-order valence-electron chi connectivity index (χ2n) is 4.58. The van der Waals surface area contributed by atoms with E-state index in [1.165, 1.54) is 9.75 Å². The lowest BCUT2D eigenvalue weighted by molar-refractivity contribution is 0.515. The number of rotatable bonds is 7. The molecular weight excluding hydrogens is 278 g/mol. The average Bonchev–Trinajstić information content (AvgIpc) is 3.03. The maximum atomic E-state index is 6.11. The van der Waals surface area contributed by atoms with Crippen molar-refractivity contribution in [3.05, 3.63) is 45.0 Å². The van der Waals surface area contributed by atoms with E-state index in [0.29, 0.717) is 5.22 Å². The molecule has 104 valence electrons. The van der Waals surface area contributed by atoms with Crippen molar-refractivity contribution >= 4 is 22.9 Å². The van der Waals surface area contributed by atoms with Crippen molar-refractivity contribution in [2.75, 3.05) is 6.54 Å². The first-order chi connectivity index (χ1) is 9.24. The minimum absolute atomic E-state index is 0.231. The number of nitrogens with one attached hydrogen (secondary N) is 1. The van der Waals surface area contributed by atoms with Gasteiger partial charge in [0.1, 0.15) is 0 Å². The van der Waals surface area contributed by atoms with Crippen molar-refractivity contribution in [1.29, 1.82) is 0 Å². The zero-order valence-corrected chi connectivity index (χ0v) is 13.0. The normalized spacial score (nSPS) is 12.8. The summed E-state index contributed by atoms with van der Waals surface area (Å²) in [5.41, 5.74) is 1.06. The van der Waals surface area contributed by atoms with Crippen molar-refractivity contribution in [3.8, 4) is 0 Å². The number of halogens is 1. The van der Waals surface area contributed by atoms with Crippen LogP contribution in [-0.2, 0) is 12.8 Å². The molecule has 2 nitrogen and oxygen atoms in total. The lowest BCUT2D eigenvalue weighted by Crippen LogP contribution is -2.23. The van der Waals surface area contributed by atoms with E-state index < -0.39 is 0 Å². The van der Waals surface area contributed by atoms with Gasteiger partial charge in [0.05, 0.1) is 6.26 Å². The Hall–Kier alpha value is -0.770. The Labute approximate surface area is 123 Å². The van der Waals surface area contributed by atoms with Gasteiger partial charge in [-0.2, -0.15) is 0 Å². The third-order valence-electron chi connectivity index (χ3n) is 3.13. The van der Waals surface area contributed by atoms with E-state index in [9.17, 15) is 0 Å². The number of furan rings is 1. The van der Waals surface area contributed by atoms with Crippen molar-refractivity contribution in [3.63, 3.8) is 0 Å². The van der Waals surface area contributed by atoms with Crippen molar-refractivity contribution in [2.24, 2.45) is 0 Å². The fourth-order valence-electron chi connectivity index (χ4n) is 2.09. The number of hydrogen-bond acceptors (Lipinski definition) is 3. The van der Waals surface area contributed by atoms with Gasteiger partial charge >= 0.3 is 0 Å². The molecule has 1 unspecified atom stereocenters. The van der Waals surface area contributed by atoms with E-state index in [1.54, 1.807) is 6.26 Å². The predicted molar refractivity (Wildman–Crippen MR) is 82.2 cm³/mol. The molecule has 2 aromatic heterocycles. The smallest absolute Gasteiger partial charge is 0.197 e. The maximum absolute atomic E-state index is 6.11. The van der Waals surface area contributed by atoms with Crippen molar-refractivity contribution < 1.29 is 4.42 Å². The first-order valence-corrected chi connectivity index (χ1v) is 7.97. The molecule has 0 amide bonds. The van der Waals surface area contributed by atoms with Crippen molar-refractivity contribution in [2.45, 2.75) is 39.2 Å². The molecule has 0 spiro atoms. The topological polar surface area (TPSA) is 25.2 Å². The molecule has 0 saturated carbocycles. The molecule has 19 heavy (non-hydrogen) atoms. The highest BCUT2D eigenvalue weighted by atomic mass is 35.5. The van der Waals surface area contributed by atoms with Gasteiger partial charge in [0.25, 0.3) is 0 Å². The SMILES string of the molecule is CCCNC(Cc1ccc(CC)s1)c1ccoc1Cl. The first kappa shape index (κ1) is 14.6. The van der Waals surface area contributed by atoms with E-state index in [2.05, 4.69) is 31.3 Å². The minimum atomic E-state index is 0.231. The summed E-state index contributed by atoms with van der Waals surface area (Å²) in [5, 5.41) is 4.05. The van der Waals surface area contributed by atoms with Gasteiger partial charge in [-0.1, -0.05) is 13.8 Å². The van der Waals surface area contributed by atoms with E-state index in [4.69, 9.17) is 16.0 Å². The van der Waals surface area contributed by atoms with Gasteiger partial charge in [0.15, 0.2) is 5.22 Å². The molecule has 0 aliphatic rings. The molecule has 2 heterocycles. The van der Waals surface area contributed by atoms with Gasteiger partial charge in [-0.15, -0.1) is 11.3 Å². The van der Waals surface area contributed by atoms with Gasteiger partial charge < -0.3 is 9.73 Å². The van der Waals surface area contributed by atoms with Gasteiger partial charge in [0.2, 0.25) is 0 Å². The van der Waals surface area contributed by atoms with Crippen LogP contribution in [-0.4, -0.2) is 6.54 Å². The molecule has 0 radical (unpaired) electrons. The van der Waals surface area contributed by atoms with Gasteiger partial charge in [-0.25, -0.2) is 0 Å². The Bertz CT molecular complexity index is 506. The Morgan fingerprint density at radius 1 is 1.26 bits per heavy atom. The largest absolute Gasteiger partial charge is 0.453 e. The van der Waals surface area contributed by atoms with Crippen LogP contribution >= 0.6 is 22.9 Å². The monoisotopic (exact) mass is 297 g/mol. The number of thiophene rings is 1. The van der Waals surface area contributed by atoms with Crippen LogP contribution in [0.4, 0.5) is 0 Å². The molecule has 4 heteroatoms. The van der Waals surface area contributed by atoms with Crippen LogP contribution in [0.1, 0.15) is 41.6 Å². The summed E-state index contributed by atoms with van der Waals surface area (Å²) in [7, 11) is 0. The highest BCUT2D eigenvalue weighted by molar-refractivity contribution is 7.11. The summed E-state index contributed by atoms with van der Waals surface area (Å²) in [6, 6.07) is 6.63. The molecule has 0 aromatic carbocycles. The second kappa shape index (κ2) is 7.13. The Morgan fingerprint density at radius 3 is 2.63 bits per heavy atom. The fourth-order valence-corrected chi connectivity index (χ4v) is 3.34. The van der Waals surface area contributed by atoms with E-state index >= 15 is 0 Å². The molecule has 2 aromatic rings. The highest BCUT2D eigenvalue weighted by Crippen LogP contribution is 2.29. The lowest BCUT2D eigenvalue weighted by Gasteiger charge is -2.16. The van der Waals surface area contributed by atoms with Crippen LogP contribution in [0.2, 0.25) is 5.22 Å². The maximum Gasteiger partial charge on any atom is 0.197 e. The van der Waals surface area contributed by atoms with Crippen LogP contribution < -0.4 is 5.32 Å². The summed E-state index contributed by atoms with van der Waals surface area (Å²) in [4.78, 5) is 2.82.